The number of esters is 2. The molecule has 0 bridgehead atoms. The lowest BCUT2D eigenvalue weighted by atomic mass is 9.99. The van der Waals surface area contributed by atoms with Crippen LogP contribution in [0.3, 0.4) is 0 Å². The molecule has 0 saturated carbocycles. The lowest BCUT2D eigenvalue weighted by Crippen LogP contribution is -2.52. The van der Waals surface area contributed by atoms with Crippen LogP contribution in [0.1, 0.15) is 63.9 Å². The van der Waals surface area contributed by atoms with Crippen LogP contribution in [0.4, 0.5) is 9.59 Å². The van der Waals surface area contributed by atoms with Crippen LogP contribution in [0.15, 0.2) is 24.3 Å². The van der Waals surface area contributed by atoms with E-state index in [2.05, 4.69) is 0 Å². The number of ether oxygens (including phenoxy) is 4. The van der Waals surface area contributed by atoms with Crippen molar-refractivity contribution < 1.29 is 38.1 Å². The Morgan fingerprint density at radius 3 is 1.78 bits per heavy atom. The third-order valence-corrected chi connectivity index (χ3v) is 4.08. The molecular formula is C23H33NO8. The van der Waals surface area contributed by atoms with Gasteiger partial charge in [0.25, 0.3) is 0 Å². The first-order valence-electron chi connectivity index (χ1n) is 10.2. The minimum absolute atomic E-state index is 0.0286. The molecule has 0 N–H and O–H groups in total. The molecule has 32 heavy (non-hydrogen) atoms. The zero-order valence-corrected chi connectivity index (χ0v) is 20.0. The van der Waals surface area contributed by atoms with Crippen molar-refractivity contribution in [1.82, 2.24) is 4.90 Å². The number of aryl methyl sites for hydroxylation is 1. The van der Waals surface area contributed by atoms with Crippen LogP contribution in [-0.4, -0.2) is 60.5 Å². The lowest BCUT2D eigenvalue weighted by Gasteiger charge is -2.32. The number of hydrogen-bond acceptors (Lipinski definition) is 8. The Morgan fingerprint density at radius 2 is 1.34 bits per heavy atom. The molecule has 1 rings (SSSR count). The van der Waals surface area contributed by atoms with Gasteiger partial charge in [0.15, 0.2) is 0 Å². The van der Waals surface area contributed by atoms with Crippen LogP contribution in [0, 0.1) is 0 Å². The van der Waals surface area contributed by atoms with Crippen molar-refractivity contribution in [3.05, 3.63) is 35.4 Å². The fraction of sp³-hybridized carbons (Fsp3) is 0.565. The van der Waals surface area contributed by atoms with Gasteiger partial charge < -0.3 is 18.9 Å². The van der Waals surface area contributed by atoms with E-state index in [0.717, 1.165) is 7.11 Å². The molecule has 0 fully saturated rings. The Morgan fingerprint density at radius 1 is 0.844 bits per heavy atom. The Kier molecular flexibility index (Phi) is 9.23. The second-order valence-electron chi connectivity index (χ2n) is 9.06. The molecular weight excluding hydrogens is 418 g/mol. The quantitative estimate of drug-likeness (QED) is 0.469. The summed E-state index contributed by atoms with van der Waals surface area (Å²) in [7, 11) is 2.42. The van der Waals surface area contributed by atoms with Crippen LogP contribution in [-0.2, 0) is 30.2 Å². The van der Waals surface area contributed by atoms with Crippen molar-refractivity contribution in [1.29, 1.82) is 0 Å². The van der Waals surface area contributed by atoms with Crippen LogP contribution in [0.5, 0.6) is 0 Å². The van der Waals surface area contributed by atoms with Gasteiger partial charge in [0.05, 0.1) is 19.8 Å². The fourth-order valence-corrected chi connectivity index (χ4v) is 2.78. The average Bonchev–Trinajstić information content (AvgIpc) is 2.67. The lowest BCUT2D eigenvalue weighted by molar-refractivity contribution is -0.146. The highest BCUT2D eigenvalue weighted by atomic mass is 16.6. The van der Waals surface area contributed by atoms with Crippen molar-refractivity contribution in [3.63, 3.8) is 0 Å². The first kappa shape index (κ1) is 26.9. The Bertz CT molecular complexity index is 807. The molecule has 0 saturated heterocycles. The van der Waals surface area contributed by atoms with E-state index < -0.39 is 41.4 Å². The largest absolute Gasteiger partial charge is 0.467 e. The van der Waals surface area contributed by atoms with Crippen LogP contribution in [0.2, 0.25) is 0 Å². The summed E-state index contributed by atoms with van der Waals surface area (Å²) in [4.78, 5) is 51.1. The summed E-state index contributed by atoms with van der Waals surface area (Å²) in [6.07, 6.45) is -1.93. The molecule has 0 spiro atoms. The van der Waals surface area contributed by atoms with Gasteiger partial charge in [-0.15, -0.1) is 0 Å². The summed E-state index contributed by atoms with van der Waals surface area (Å²) in [5.74, 6) is -1.36. The Balaban J connectivity index is 3.32. The minimum atomic E-state index is -1.34. The third kappa shape index (κ3) is 8.20. The highest BCUT2D eigenvalue weighted by molar-refractivity contribution is 5.94. The van der Waals surface area contributed by atoms with E-state index in [0.29, 0.717) is 16.0 Å². The Labute approximate surface area is 188 Å². The van der Waals surface area contributed by atoms with Gasteiger partial charge >= 0.3 is 24.1 Å². The first-order chi connectivity index (χ1) is 14.7. The van der Waals surface area contributed by atoms with Gasteiger partial charge in [-0.2, -0.15) is 4.90 Å². The van der Waals surface area contributed by atoms with Gasteiger partial charge in [-0.25, -0.2) is 19.2 Å². The molecule has 2 amide bonds. The van der Waals surface area contributed by atoms with Crippen molar-refractivity contribution in [3.8, 4) is 0 Å². The van der Waals surface area contributed by atoms with E-state index in [-0.39, 0.29) is 12.8 Å². The first-order valence-corrected chi connectivity index (χ1v) is 10.2. The van der Waals surface area contributed by atoms with E-state index in [1.165, 1.54) is 7.11 Å². The molecule has 1 aromatic carbocycles. The van der Waals surface area contributed by atoms with E-state index >= 15 is 0 Å². The predicted molar refractivity (Wildman–Crippen MR) is 116 cm³/mol. The van der Waals surface area contributed by atoms with Crippen LogP contribution >= 0.6 is 0 Å². The Hall–Kier alpha value is -3.10. The summed E-state index contributed by atoms with van der Waals surface area (Å²) in [5, 5.41) is 0. The second-order valence-corrected chi connectivity index (χ2v) is 9.06. The standard InChI is InChI=1S/C23H33NO8/c1-22(2,3)31-20(27)24(21(28)32-23(4,5)6)17(19(26)30-8)14-13-15-11-9-10-12-16(15)18(25)29-7/h9-12,17H,13-14H2,1-8H3. The van der Waals surface area contributed by atoms with Crippen molar-refractivity contribution in [2.24, 2.45) is 0 Å². The van der Waals surface area contributed by atoms with Gasteiger partial charge in [0.1, 0.15) is 17.2 Å². The normalized spacial score (nSPS) is 12.4. The van der Waals surface area contributed by atoms with Gasteiger partial charge in [-0.1, -0.05) is 18.2 Å². The highest BCUT2D eigenvalue weighted by Crippen LogP contribution is 2.21. The SMILES string of the molecule is COC(=O)c1ccccc1CCC(C(=O)OC)N(C(=O)OC(C)(C)C)C(=O)OC(C)(C)C. The summed E-state index contributed by atoms with van der Waals surface area (Å²) in [6, 6.07) is 5.37. The minimum Gasteiger partial charge on any atom is -0.467 e. The monoisotopic (exact) mass is 451 g/mol. The van der Waals surface area contributed by atoms with E-state index in [1.807, 2.05) is 0 Å². The number of hydrogen-bond donors (Lipinski definition) is 0. The molecule has 0 aromatic heterocycles. The number of methoxy groups -OCH3 is 2. The maximum Gasteiger partial charge on any atom is 0.420 e. The molecule has 9 heteroatoms. The molecule has 0 aliphatic carbocycles. The number of carbonyl (C=O) groups is 4. The summed E-state index contributed by atoms with van der Waals surface area (Å²) >= 11 is 0. The molecule has 0 radical (unpaired) electrons. The molecule has 1 aromatic rings. The predicted octanol–water partition coefficient (Wildman–Crippen LogP) is 4.12. The maximum absolute atomic E-state index is 12.9. The van der Waals surface area contributed by atoms with Gasteiger partial charge in [0.2, 0.25) is 0 Å². The fourth-order valence-electron chi connectivity index (χ4n) is 2.78. The smallest absolute Gasteiger partial charge is 0.420 e. The van der Waals surface area contributed by atoms with Crippen molar-refractivity contribution in [2.75, 3.05) is 14.2 Å². The summed E-state index contributed by atoms with van der Waals surface area (Å²) < 4.78 is 20.3. The molecule has 1 atom stereocenters. The van der Waals surface area contributed by atoms with E-state index in [1.54, 1.807) is 65.8 Å². The van der Waals surface area contributed by atoms with Gasteiger partial charge in [-0.3, -0.25) is 0 Å². The molecule has 0 aliphatic rings. The molecule has 0 aliphatic heterocycles. The van der Waals surface area contributed by atoms with Crippen LogP contribution < -0.4 is 0 Å². The maximum atomic E-state index is 12.9. The molecule has 178 valence electrons. The third-order valence-electron chi connectivity index (χ3n) is 4.08. The van der Waals surface area contributed by atoms with Gasteiger partial charge in [-0.05, 0) is 66.0 Å². The second kappa shape index (κ2) is 11.0. The van der Waals surface area contributed by atoms with Gasteiger partial charge in [0, 0.05) is 0 Å². The van der Waals surface area contributed by atoms with E-state index in [9.17, 15) is 19.2 Å². The number of nitrogens with zero attached hydrogens (tertiary/aromatic N) is 1. The molecule has 1 unspecified atom stereocenters. The molecule has 9 nitrogen and oxygen atoms in total. The summed E-state index contributed by atoms with van der Waals surface area (Å²) in [5.41, 5.74) is -0.938. The number of amides is 2. The summed E-state index contributed by atoms with van der Waals surface area (Å²) in [6.45, 7) is 9.82. The zero-order valence-electron chi connectivity index (χ0n) is 20.0. The van der Waals surface area contributed by atoms with Crippen LogP contribution in [0.25, 0.3) is 0 Å². The number of rotatable bonds is 6. The van der Waals surface area contributed by atoms with E-state index in [4.69, 9.17) is 18.9 Å². The zero-order chi connectivity index (χ0) is 24.7. The number of imide groups is 1. The highest BCUT2D eigenvalue weighted by Gasteiger charge is 2.40. The number of carbonyl (C=O) groups excluding carboxylic acids is 4. The average molecular weight is 452 g/mol. The van der Waals surface area contributed by atoms with Crippen molar-refractivity contribution in [2.45, 2.75) is 71.6 Å². The number of benzene rings is 1. The van der Waals surface area contributed by atoms with Crippen molar-refractivity contribution >= 4 is 24.1 Å². The topological polar surface area (TPSA) is 108 Å². The molecule has 0 heterocycles.